The van der Waals surface area contributed by atoms with Crippen LogP contribution in [0.1, 0.15) is 12.8 Å². The van der Waals surface area contributed by atoms with Gasteiger partial charge in [-0.1, -0.05) is 5.21 Å². The third kappa shape index (κ3) is 4.58. The highest BCUT2D eigenvalue weighted by Crippen LogP contribution is 2.34. The molecule has 0 atom stereocenters. The van der Waals surface area contributed by atoms with Crippen molar-refractivity contribution in [3.63, 3.8) is 0 Å². The number of carbonyl (C=O) groups excluding carboxylic acids is 2. The number of hydrogen-bond acceptors (Lipinski definition) is 7. The van der Waals surface area contributed by atoms with Crippen LogP contribution < -0.4 is 20.1 Å². The van der Waals surface area contributed by atoms with Crippen molar-refractivity contribution in [2.75, 3.05) is 31.7 Å². The molecule has 1 aromatic carbocycles. The predicted molar refractivity (Wildman–Crippen MR) is 98.9 cm³/mol. The monoisotopic (exact) mass is 386 g/mol. The van der Waals surface area contributed by atoms with Gasteiger partial charge in [-0.05, 0) is 44.0 Å². The predicted octanol–water partition coefficient (Wildman–Crippen LogP) is 1.07. The van der Waals surface area contributed by atoms with Gasteiger partial charge in [-0.15, -0.1) is 5.10 Å². The van der Waals surface area contributed by atoms with Crippen LogP contribution >= 0.6 is 0 Å². The number of amides is 3. The molecular formula is C18H22N6O4. The number of anilines is 1. The van der Waals surface area contributed by atoms with Crippen LogP contribution in [0.15, 0.2) is 30.6 Å². The summed E-state index contributed by atoms with van der Waals surface area (Å²) in [6.07, 6.45) is 5.50. The second-order valence-electron chi connectivity index (χ2n) is 6.91. The van der Waals surface area contributed by atoms with E-state index in [0.29, 0.717) is 23.1 Å². The summed E-state index contributed by atoms with van der Waals surface area (Å²) in [7, 11) is 0. The van der Waals surface area contributed by atoms with Crippen LogP contribution in [-0.2, 0) is 11.3 Å². The van der Waals surface area contributed by atoms with E-state index >= 15 is 0 Å². The first-order valence-electron chi connectivity index (χ1n) is 9.22. The summed E-state index contributed by atoms with van der Waals surface area (Å²) in [5, 5.41) is 12.8. The summed E-state index contributed by atoms with van der Waals surface area (Å²) >= 11 is 0. The van der Waals surface area contributed by atoms with E-state index in [1.165, 1.54) is 0 Å². The largest absolute Gasteiger partial charge is 0.454 e. The van der Waals surface area contributed by atoms with Crippen molar-refractivity contribution in [1.82, 2.24) is 25.2 Å². The lowest BCUT2D eigenvalue weighted by molar-refractivity contribution is -0.121. The second-order valence-corrected chi connectivity index (χ2v) is 6.91. The first-order chi connectivity index (χ1) is 13.7. The van der Waals surface area contributed by atoms with E-state index < -0.39 is 6.03 Å². The number of carbonyl (C=O) groups is 2. The first-order valence-corrected chi connectivity index (χ1v) is 9.22. The molecule has 2 aliphatic rings. The number of imide groups is 1. The number of hydrogen-bond donors (Lipinski definition) is 2. The van der Waals surface area contributed by atoms with E-state index in [2.05, 4.69) is 25.8 Å². The number of nitrogens with one attached hydrogen (secondary N) is 2. The summed E-state index contributed by atoms with van der Waals surface area (Å²) in [5.74, 6) is 1.40. The van der Waals surface area contributed by atoms with E-state index in [0.717, 1.165) is 32.5 Å². The minimum absolute atomic E-state index is 0.166. The molecule has 28 heavy (non-hydrogen) atoms. The lowest BCUT2D eigenvalue weighted by Gasteiger charge is -2.31. The summed E-state index contributed by atoms with van der Waals surface area (Å²) in [5.41, 5.74) is 0.531. The number of benzene rings is 1. The minimum Gasteiger partial charge on any atom is -0.454 e. The Hall–Kier alpha value is -3.14. The fourth-order valence-corrected chi connectivity index (χ4v) is 3.43. The fourth-order valence-electron chi connectivity index (χ4n) is 3.43. The van der Waals surface area contributed by atoms with E-state index in [1.807, 2.05) is 10.9 Å². The van der Waals surface area contributed by atoms with Crippen molar-refractivity contribution < 1.29 is 19.1 Å². The number of urea groups is 1. The SMILES string of the molecule is O=C(CN1CCC(Cn2ccnn2)CC1)NC(=O)Nc1ccc2c(c1)OCO2. The van der Waals surface area contributed by atoms with Crippen LogP contribution in [0.4, 0.5) is 10.5 Å². The average Bonchev–Trinajstić information content (AvgIpc) is 3.34. The summed E-state index contributed by atoms with van der Waals surface area (Å²) < 4.78 is 12.3. The molecule has 1 fully saturated rings. The second kappa shape index (κ2) is 8.26. The zero-order chi connectivity index (χ0) is 19.3. The number of ether oxygens (including phenoxy) is 2. The maximum atomic E-state index is 12.2. The maximum Gasteiger partial charge on any atom is 0.325 e. The molecule has 10 heteroatoms. The third-order valence-electron chi connectivity index (χ3n) is 4.87. The first kappa shape index (κ1) is 18.2. The topological polar surface area (TPSA) is 111 Å². The molecule has 1 saturated heterocycles. The highest BCUT2D eigenvalue weighted by Gasteiger charge is 2.22. The van der Waals surface area contributed by atoms with Gasteiger partial charge in [0.05, 0.1) is 12.7 Å². The normalized spacial score (nSPS) is 16.7. The van der Waals surface area contributed by atoms with Crippen LogP contribution in [0, 0.1) is 5.92 Å². The van der Waals surface area contributed by atoms with Gasteiger partial charge < -0.3 is 14.8 Å². The number of nitrogens with zero attached hydrogens (tertiary/aromatic N) is 4. The van der Waals surface area contributed by atoms with Gasteiger partial charge in [0, 0.05) is 24.5 Å². The molecule has 3 heterocycles. The van der Waals surface area contributed by atoms with Gasteiger partial charge in [0.15, 0.2) is 11.5 Å². The van der Waals surface area contributed by atoms with Crippen LogP contribution in [-0.4, -0.2) is 58.3 Å². The molecule has 0 bridgehead atoms. The Morgan fingerprint density at radius 1 is 1.18 bits per heavy atom. The Labute approximate surface area is 161 Å². The molecule has 2 aromatic rings. The fraction of sp³-hybridized carbons (Fsp3) is 0.444. The molecule has 10 nitrogen and oxygen atoms in total. The number of fused-ring (bicyclic) bond motifs is 1. The molecule has 2 N–H and O–H groups in total. The summed E-state index contributed by atoms with van der Waals surface area (Å²) in [6.45, 7) is 2.84. The summed E-state index contributed by atoms with van der Waals surface area (Å²) in [4.78, 5) is 26.3. The molecule has 0 aliphatic carbocycles. The Kier molecular flexibility index (Phi) is 5.38. The average molecular weight is 386 g/mol. The zero-order valence-electron chi connectivity index (χ0n) is 15.3. The van der Waals surface area contributed by atoms with Crippen molar-refractivity contribution in [2.45, 2.75) is 19.4 Å². The molecule has 0 saturated carbocycles. The molecule has 0 radical (unpaired) electrons. The van der Waals surface area contributed by atoms with Crippen LogP contribution in [0.25, 0.3) is 0 Å². The number of rotatable bonds is 5. The highest BCUT2D eigenvalue weighted by atomic mass is 16.7. The molecular weight excluding hydrogens is 364 g/mol. The van der Waals surface area contributed by atoms with Gasteiger partial charge >= 0.3 is 6.03 Å². The van der Waals surface area contributed by atoms with Crippen molar-refractivity contribution in [2.24, 2.45) is 5.92 Å². The molecule has 1 aromatic heterocycles. The molecule has 0 spiro atoms. The van der Waals surface area contributed by atoms with Gasteiger partial charge in [0.25, 0.3) is 0 Å². The van der Waals surface area contributed by atoms with Gasteiger partial charge in [-0.2, -0.15) is 0 Å². The Morgan fingerprint density at radius 2 is 2.00 bits per heavy atom. The third-order valence-corrected chi connectivity index (χ3v) is 4.87. The quantitative estimate of drug-likeness (QED) is 0.791. The van der Waals surface area contributed by atoms with E-state index in [4.69, 9.17) is 9.47 Å². The van der Waals surface area contributed by atoms with Gasteiger partial charge in [-0.3, -0.25) is 19.7 Å². The number of piperidine rings is 1. The van der Waals surface area contributed by atoms with Crippen molar-refractivity contribution in [3.8, 4) is 11.5 Å². The van der Waals surface area contributed by atoms with Gasteiger partial charge in [0.2, 0.25) is 12.7 Å². The van der Waals surface area contributed by atoms with Crippen LogP contribution in [0.3, 0.4) is 0 Å². The van der Waals surface area contributed by atoms with Gasteiger partial charge in [-0.25, -0.2) is 4.79 Å². The molecule has 4 rings (SSSR count). The van der Waals surface area contributed by atoms with Gasteiger partial charge in [0.1, 0.15) is 0 Å². The Morgan fingerprint density at radius 3 is 2.79 bits per heavy atom. The molecule has 0 unspecified atom stereocenters. The Bertz CT molecular complexity index is 833. The van der Waals surface area contributed by atoms with Crippen LogP contribution in [0.2, 0.25) is 0 Å². The molecule has 2 aliphatic heterocycles. The summed E-state index contributed by atoms with van der Waals surface area (Å²) in [6, 6.07) is 4.50. The lowest BCUT2D eigenvalue weighted by atomic mass is 9.97. The molecule has 148 valence electrons. The minimum atomic E-state index is -0.565. The zero-order valence-corrected chi connectivity index (χ0v) is 15.3. The number of likely N-dealkylation sites (tertiary alicyclic amines) is 1. The smallest absolute Gasteiger partial charge is 0.325 e. The Balaban J connectivity index is 1.19. The molecule has 3 amide bonds. The standard InChI is InChI=1S/C18H22N6O4/c25-17(11-23-6-3-13(4-7-23)10-24-8-5-19-22-24)21-18(26)20-14-1-2-15-16(9-14)28-12-27-15/h1-2,5,8-9,13H,3-4,6-7,10-12H2,(H2,20,21,25,26). The maximum absolute atomic E-state index is 12.2. The van der Waals surface area contributed by atoms with Crippen molar-refractivity contribution >= 4 is 17.6 Å². The van der Waals surface area contributed by atoms with Crippen molar-refractivity contribution in [3.05, 3.63) is 30.6 Å². The van der Waals surface area contributed by atoms with E-state index in [1.54, 1.807) is 24.4 Å². The van der Waals surface area contributed by atoms with E-state index in [-0.39, 0.29) is 19.2 Å². The number of aromatic nitrogens is 3. The lowest BCUT2D eigenvalue weighted by Crippen LogP contribution is -2.44. The van der Waals surface area contributed by atoms with E-state index in [9.17, 15) is 9.59 Å². The van der Waals surface area contributed by atoms with Crippen molar-refractivity contribution in [1.29, 1.82) is 0 Å². The highest BCUT2D eigenvalue weighted by molar-refractivity contribution is 6.01. The van der Waals surface area contributed by atoms with Crippen LogP contribution in [0.5, 0.6) is 11.5 Å².